The minimum absolute atomic E-state index is 0.129. The zero-order valence-electron chi connectivity index (χ0n) is 15.2. The number of rotatable bonds is 5. The van der Waals surface area contributed by atoms with E-state index in [2.05, 4.69) is 26.3 Å². The molecule has 2 heterocycles. The van der Waals surface area contributed by atoms with Crippen LogP contribution in [0.3, 0.4) is 0 Å². The smallest absolute Gasteiger partial charge is 0.324 e. The van der Waals surface area contributed by atoms with Crippen LogP contribution in [0, 0.1) is 0 Å². The van der Waals surface area contributed by atoms with Crippen molar-refractivity contribution in [1.82, 2.24) is 18.9 Å². The van der Waals surface area contributed by atoms with Crippen molar-refractivity contribution in [3.05, 3.63) is 75.9 Å². The highest BCUT2D eigenvalue weighted by Gasteiger charge is 2.13. The van der Waals surface area contributed by atoms with Crippen LogP contribution in [0.1, 0.15) is 6.42 Å². The lowest BCUT2D eigenvalue weighted by Crippen LogP contribution is -2.24. The third kappa shape index (κ3) is 3.38. The van der Waals surface area contributed by atoms with Gasteiger partial charge in [0.1, 0.15) is 0 Å². The summed E-state index contributed by atoms with van der Waals surface area (Å²) >= 11 is 3.38. The summed E-state index contributed by atoms with van der Waals surface area (Å²) in [5.74, 6) is -0.168. The maximum absolute atomic E-state index is 12.6. The van der Waals surface area contributed by atoms with E-state index in [0.717, 1.165) is 21.2 Å². The van der Waals surface area contributed by atoms with Gasteiger partial charge >= 0.3 is 5.69 Å². The number of aryl methyl sites for hydroxylation is 2. The fraction of sp³-hybridized carbons (Fsp3) is 0.150. The van der Waals surface area contributed by atoms with E-state index in [9.17, 15) is 9.59 Å². The highest BCUT2D eigenvalue weighted by Crippen LogP contribution is 2.21. The standard InChI is InChI=1S/C20H18BrN5O2/c1-24-17-8-4-5-9-18(17)25(20(24)28)11-10-19(27)23-15-6-2-3-7-16(15)26-13-14(21)12-22-26/h2-9,12-13H,10-11H2,1H3,(H,23,27). The van der Waals surface area contributed by atoms with Crippen LogP contribution in [0.5, 0.6) is 0 Å². The van der Waals surface area contributed by atoms with Gasteiger partial charge in [0.25, 0.3) is 0 Å². The Kier molecular flexibility index (Phi) is 4.87. The fourth-order valence-corrected chi connectivity index (χ4v) is 3.50. The molecule has 1 N–H and O–H groups in total. The molecule has 7 nitrogen and oxygen atoms in total. The Morgan fingerprint density at radius 3 is 2.57 bits per heavy atom. The number of anilines is 1. The second-order valence-corrected chi connectivity index (χ2v) is 7.32. The lowest BCUT2D eigenvalue weighted by atomic mass is 10.2. The minimum atomic E-state index is -0.168. The number of hydrogen-bond acceptors (Lipinski definition) is 3. The first kappa shape index (κ1) is 18.2. The van der Waals surface area contributed by atoms with E-state index in [0.29, 0.717) is 12.2 Å². The lowest BCUT2D eigenvalue weighted by Gasteiger charge is -2.11. The summed E-state index contributed by atoms with van der Waals surface area (Å²) in [4.78, 5) is 25.0. The molecule has 4 aromatic rings. The van der Waals surface area contributed by atoms with Gasteiger partial charge < -0.3 is 5.32 Å². The molecule has 2 aromatic heterocycles. The van der Waals surface area contributed by atoms with Gasteiger partial charge in [-0.2, -0.15) is 5.10 Å². The van der Waals surface area contributed by atoms with Crippen molar-refractivity contribution < 1.29 is 4.79 Å². The van der Waals surface area contributed by atoms with Crippen molar-refractivity contribution in [2.45, 2.75) is 13.0 Å². The minimum Gasteiger partial charge on any atom is -0.324 e. The third-order valence-corrected chi connectivity index (χ3v) is 5.00. The Morgan fingerprint density at radius 2 is 1.82 bits per heavy atom. The molecule has 4 rings (SSSR count). The molecule has 0 aliphatic carbocycles. The lowest BCUT2D eigenvalue weighted by molar-refractivity contribution is -0.116. The number of imidazole rings is 1. The maximum atomic E-state index is 12.6. The molecule has 142 valence electrons. The van der Waals surface area contributed by atoms with E-state index in [4.69, 9.17) is 0 Å². The van der Waals surface area contributed by atoms with Crippen molar-refractivity contribution in [2.75, 3.05) is 5.32 Å². The molecule has 0 fully saturated rings. The van der Waals surface area contributed by atoms with Crippen LogP contribution in [0.2, 0.25) is 0 Å². The van der Waals surface area contributed by atoms with E-state index in [1.54, 1.807) is 27.1 Å². The van der Waals surface area contributed by atoms with Crippen LogP contribution in [-0.4, -0.2) is 24.8 Å². The zero-order valence-corrected chi connectivity index (χ0v) is 16.8. The Balaban J connectivity index is 1.53. The van der Waals surface area contributed by atoms with Gasteiger partial charge in [-0.1, -0.05) is 24.3 Å². The molecule has 0 saturated carbocycles. The van der Waals surface area contributed by atoms with Crippen LogP contribution in [0.4, 0.5) is 5.69 Å². The second kappa shape index (κ2) is 7.47. The first-order valence-corrected chi connectivity index (χ1v) is 9.57. The van der Waals surface area contributed by atoms with Crippen molar-refractivity contribution >= 4 is 38.6 Å². The van der Waals surface area contributed by atoms with Gasteiger partial charge in [0.15, 0.2) is 0 Å². The van der Waals surface area contributed by atoms with Crippen molar-refractivity contribution in [1.29, 1.82) is 0 Å². The highest BCUT2D eigenvalue weighted by molar-refractivity contribution is 9.10. The topological polar surface area (TPSA) is 73.8 Å². The number of nitrogens with zero attached hydrogens (tertiary/aromatic N) is 4. The number of benzene rings is 2. The van der Waals surface area contributed by atoms with Gasteiger partial charge in [-0.3, -0.25) is 13.9 Å². The monoisotopic (exact) mass is 439 g/mol. The molecule has 0 atom stereocenters. The van der Waals surface area contributed by atoms with Gasteiger partial charge in [0.2, 0.25) is 5.91 Å². The average Bonchev–Trinajstić information content (AvgIpc) is 3.23. The zero-order chi connectivity index (χ0) is 19.7. The number of nitrogens with one attached hydrogen (secondary N) is 1. The van der Waals surface area contributed by atoms with E-state index in [-0.39, 0.29) is 18.0 Å². The molecule has 0 saturated heterocycles. The van der Waals surface area contributed by atoms with E-state index in [1.165, 1.54) is 0 Å². The van der Waals surface area contributed by atoms with Gasteiger partial charge in [-0.15, -0.1) is 0 Å². The molecule has 1 amide bonds. The van der Waals surface area contributed by atoms with Crippen LogP contribution in [0.15, 0.2) is 70.2 Å². The Hall–Kier alpha value is -3.13. The summed E-state index contributed by atoms with van der Waals surface area (Å²) in [6, 6.07) is 15.0. The number of amides is 1. The van der Waals surface area contributed by atoms with Crippen LogP contribution in [0.25, 0.3) is 16.7 Å². The summed E-state index contributed by atoms with van der Waals surface area (Å²) in [5.41, 5.74) is 2.97. The van der Waals surface area contributed by atoms with Gasteiger partial charge in [0, 0.05) is 26.2 Å². The van der Waals surface area contributed by atoms with Crippen LogP contribution < -0.4 is 11.0 Å². The first-order valence-electron chi connectivity index (χ1n) is 8.78. The van der Waals surface area contributed by atoms with Gasteiger partial charge in [-0.25, -0.2) is 9.48 Å². The molecule has 0 bridgehead atoms. The molecule has 28 heavy (non-hydrogen) atoms. The Bertz CT molecular complexity index is 1220. The molecule has 0 radical (unpaired) electrons. The summed E-state index contributed by atoms with van der Waals surface area (Å²) < 4.78 is 5.77. The van der Waals surface area contributed by atoms with E-state index in [1.807, 2.05) is 54.7 Å². The third-order valence-electron chi connectivity index (χ3n) is 4.59. The average molecular weight is 440 g/mol. The number of fused-ring (bicyclic) bond motifs is 1. The number of halogens is 1. The fourth-order valence-electron chi connectivity index (χ4n) is 3.22. The van der Waals surface area contributed by atoms with Gasteiger partial charge in [-0.05, 0) is 40.2 Å². The Labute approximate surface area is 169 Å². The van der Waals surface area contributed by atoms with Crippen molar-refractivity contribution in [3.8, 4) is 5.69 Å². The molecule has 0 spiro atoms. The molecular weight excluding hydrogens is 422 g/mol. The van der Waals surface area contributed by atoms with Crippen LogP contribution in [-0.2, 0) is 18.4 Å². The number of hydrogen-bond donors (Lipinski definition) is 1. The van der Waals surface area contributed by atoms with Crippen molar-refractivity contribution in [2.24, 2.45) is 7.05 Å². The number of carbonyl (C=O) groups excluding carboxylic acids is 1. The maximum Gasteiger partial charge on any atom is 0.328 e. The normalized spacial score (nSPS) is 11.1. The van der Waals surface area contributed by atoms with E-state index < -0.39 is 0 Å². The predicted octanol–water partition coefficient (Wildman–Crippen LogP) is 3.32. The second-order valence-electron chi connectivity index (χ2n) is 6.40. The Morgan fingerprint density at radius 1 is 1.11 bits per heavy atom. The SMILES string of the molecule is Cn1c(=O)n(CCC(=O)Nc2ccccc2-n2cc(Br)cn2)c2ccccc21. The molecular formula is C20H18BrN5O2. The molecule has 8 heteroatoms. The van der Waals surface area contributed by atoms with Gasteiger partial charge in [0.05, 0.1) is 33.1 Å². The predicted molar refractivity (Wildman–Crippen MR) is 112 cm³/mol. The molecule has 2 aromatic carbocycles. The van der Waals surface area contributed by atoms with Crippen molar-refractivity contribution in [3.63, 3.8) is 0 Å². The number of aromatic nitrogens is 4. The highest BCUT2D eigenvalue weighted by atomic mass is 79.9. The van der Waals surface area contributed by atoms with Crippen LogP contribution >= 0.6 is 15.9 Å². The summed E-state index contributed by atoms with van der Waals surface area (Å²) in [6.07, 6.45) is 3.69. The molecule has 0 unspecified atom stereocenters. The number of para-hydroxylation sites is 4. The molecule has 0 aliphatic heterocycles. The summed E-state index contributed by atoms with van der Waals surface area (Å²) in [7, 11) is 1.74. The largest absolute Gasteiger partial charge is 0.328 e. The summed E-state index contributed by atoms with van der Waals surface area (Å²) in [5, 5.41) is 7.19. The summed E-state index contributed by atoms with van der Waals surface area (Å²) in [6.45, 7) is 0.307. The number of carbonyl (C=O) groups is 1. The van der Waals surface area contributed by atoms with E-state index >= 15 is 0 Å². The first-order chi connectivity index (χ1) is 13.5. The quantitative estimate of drug-likeness (QED) is 0.518. The molecule has 0 aliphatic rings.